The molecule has 0 atom stereocenters. The van der Waals surface area contributed by atoms with Gasteiger partial charge in [0.25, 0.3) is 0 Å². The zero-order chi connectivity index (χ0) is 28.4. The van der Waals surface area contributed by atoms with Crippen LogP contribution in [0.1, 0.15) is 20.4 Å². The number of carbonyl (C=O) groups is 1. The number of hydrogen-bond donors (Lipinski definition) is 1. The van der Waals surface area contributed by atoms with Gasteiger partial charge in [-0.2, -0.15) is 18.4 Å². The zero-order valence-corrected chi connectivity index (χ0v) is 24.1. The Morgan fingerprint density at radius 2 is 1.73 bits per heavy atom. The van der Waals surface area contributed by atoms with E-state index in [1.54, 1.807) is 36.4 Å². The van der Waals surface area contributed by atoms with Gasteiger partial charge in [0, 0.05) is 48.7 Å². The highest BCUT2D eigenvalue weighted by molar-refractivity contribution is 9.24. The fourth-order valence-electron chi connectivity index (χ4n) is 4.53. The van der Waals surface area contributed by atoms with Gasteiger partial charge in [-0.3, -0.25) is 9.69 Å². The van der Waals surface area contributed by atoms with Crippen molar-refractivity contribution in [3.63, 3.8) is 0 Å². The minimum Gasteiger partial charge on any atom is -0.436 e. The van der Waals surface area contributed by atoms with Crippen LogP contribution in [0.3, 0.4) is 0 Å². The minimum atomic E-state index is -4.35. The third-order valence-corrected chi connectivity index (χ3v) is 7.58. The molecular weight excluding hydrogens is 655 g/mol. The van der Waals surface area contributed by atoms with Crippen molar-refractivity contribution in [2.45, 2.75) is 9.91 Å². The maximum absolute atomic E-state index is 12.8. The number of rotatable bonds is 6. The van der Waals surface area contributed by atoms with E-state index in [9.17, 15) is 23.2 Å². The fourth-order valence-corrected chi connectivity index (χ4v) is 5.21. The monoisotopic (exact) mass is 675 g/mol. The zero-order valence-electron chi connectivity index (χ0n) is 20.9. The van der Waals surface area contributed by atoms with Crippen molar-refractivity contribution in [3.8, 4) is 17.5 Å². The lowest BCUT2D eigenvalue weighted by atomic mass is 10.1. The first-order valence-corrected chi connectivity index (χ1v) is 14.1. The van der Waals surface area contributed by atoms with Crippen LogP contribution in [0.15, 0.2) is 65.1 Å². The van der Waals surface area contributed by atoms with E-state index in [0.29, 0.717) is 54.4 Å². The van der Waals surface area contributed by atoms with Crippen LogP contribution in [0.2, 0.25) is 0 Å². The van der Waals surface area contributed by atoms with Gasteiger partial charge in [-0.1, -0.05) is 31.9 Å². The molecule has 7 nitrogen and oxygen atoms in total. The van der Waals surface area contributed by atoms with E-state index < -0.39 is 11.7 Å². The number of anilines is 2. The Labute approximate surface area is 244 Å². The van der Waals surface area contributed by atoms with E-state index in [2.05, 4.69) is 48.2 Å². The Hall–Kier alpha value is -3.40. The first-order chi connectivity index (χ1) is 19.1. The molecule has 0 unspecified atom stereocenters. The SMILES string of the molecule is N#Cc1cc(C(Br)Br)c2oc(-c3ccc(NC(=O)CN4CCN(c5ccc(C(F)(F)F)cc5)CC4)cc3)nc2c1. The molecule has 206 valence electrons. The van der Waals surface area contributed by atoms with Crippen molar-refractivity contribution in [2.24, 2.45) is 0 Å². The van der Waals surface area contributed by atoms with Gasteiger partial charge in [0.15, 0.2) is 5.58 Å². The highest BCUT2D eigenvalue weighted by Crippen LogP contribution is 2.37. The predicted molar refractivity (Wildman–Crippen MR) is 153 cm³/mol. The number of benzene rings is 3. The molecule has 3 aromatic carbocycles. The third kappa shape index (κ3) is 6.32. The number of nitrogens with zero attached hydrogens (tertiary/aromatic N) is 4. The molecule has 5 rings (SSSR count). The van der Waals surface area contributed by atoms with Crippen LogP contribution in [-0.4, -0.2) is 48.5 Å². The smallest absolute Gasteiger partial charge is 0.416 e. The second-order valence-corrected chi connectivity index (χ2v) is 12.3. The van der Waals surface area contributed by atoms with Crippen molar-refractivity contribution in [2.75, 3.05) is 42.9 Å². The molecule has 0 spiro atoms. The topological polar surface area (TPSA) is 85.4 Å². The number of alkyl halides is 5. The van der Waals surface area contributed by atoms with Crippen LogP contribution in [0.25, 0.3) is 22.6 Å². The highest BCUT2D eigenvalue weighted by atomic mass is 79.9. The summed E-state index contributed by atoms with van der Waals surface area (Å²) in [6.07, 6.45) is -4.35. The average Bonchev–Trinajstić information content (AvgIpc) is 3.37. The minimum absolute atomic E-state index is 0.160. The number of nitriles is 1. The van der Waals surface area contributed by atoms with E-state index in [-0.39, 0.29) is 16.2 Å². The van der Waals surface area contributed by atoms with Crippen molar-refractivity contribution >= 4 is 60.2 Å². The van der Waals surface area contributed by atoms with Gasteiger partial charge in [-0.25, -0.2) is 4.98 Å². The molecule has 1 saturated heterocycles. The molecular formula is C28H22Br2F3N5O2. The standard InChI is InChI=1S/C28H22Br2F3N5O2/c29-26(30)22-13-17(15-34)14-23-25(22)40-27(36-23)18-1-5-20(6-2-18)35-24(39)16-37-9-11-38(12-10-37)21-7-3-19(4-8-21)28(31,32)33/h1-8,13-14,26H,9-12,16H2,(H,35,39). The summed E-state index contributed by atoms with van der Waals surface area (Å²) in [4.78, 5) is 21.2. The summed E-state index contributed by atoms with van der Waals surface area (Å²) < 4.78 is 44.2. The van der Waals surface area contributed by atoms with Gasteiger partial charge in [-0.05, 0) is 60.7 Å². The largest absolute Gasteiger partial charge is 0.436 e. The molecule has 0 saturated carbocycles. The number of piperazine rings is 1. The van der Waals surface area contributed by atoms with Crippen molar-refractivity contribution in [1.82, 2.24) is 9.88 Å². The van der Waals surface area contributed by atoms with Crippen molar-refractivity contribution < 1.29 is 22.4 Å². The van der Waals surface area contributed by atoms with Gasteiger partial charge >= 0.3 is 6.18 Å². The van der Waals surface area contributed by atoms with Gasteiger partial charge in [-0.15, -0.1) is 0 Å². The third-order valence-electron chi connectivity index (χ3n) is 6.60. The second-order valence-electron chi connectivity index (χ2n) is 9.28. The quantitative estimate of drug-likeness (QED) is 0.223. The number of oxazole rings is 1. The Morgan fingerprint density at radius 1 is 1.05 bits per heavy atom. The maximum Gasteiger partial charge on any atom is 0.416 e. The summed E-state index contributed by atoms with van der Waals surface area (Å²) in [6.45, 7) is 2.66. The highest BCUT2D eigenvalue weighted by Gasteiger charge is 2.30. The number of carbonyl (C=O) groups excluding carboxylic acids is 1. The number of amides is 1. The Morgan fingerprint density at radius 3 is 2.33 bits per heavy atom. The first-order valence-electron chi connectivity index (χ1n) is 12.3. The van der Waals surface area contributed by atoms with E-state index >= 15 is 0 Å². The van der Waals surface area contributed by atoms with Gasteiger partial charge in [0.05, 0.1) is 27.5 Å². The summed E-state index contributed by atoms with van der Waals surface area (Å²) in [5.41, 5.74) is 3.80. The predicted octanol–water partition coefficient (Wildman–Crippen LogP) is 6.93. The number of nitrogens with one attached hydrogen (secondary N) is 1. The molecule has 1 aromatic heterocycles. The normalized spacial score (nSPS) is 14.5. The van der Waals surface area contributed by atoms with E-state index in [1.165, 1.54) is 12.1 Å². The van der Waals surface area contributed by atoms with Crippen LogP contribution in [0, 0.1) is 11.3 Å². The molecule has 4 aromatic rings. The second kappa shape index (κ2) is 11.6. The molecule has 1 aliphatic heterocycles. The van der Waals surface area contributed by atoms with Gasteiger partial charge < -0.3 is 14.6 Å². The number of aromatic nitrogens is 1. The van der Waals surface area contributed by atoms with Crippen molar-refractivity contribution in [1.29, 1.82) is 5.26 Å². The molecule has 1 amide bonds. The summed E-state index contributed by atoms with van der Waals surface area (Å²) in [5, 5.41) is 12.2. The molecule has 0 radical (unpaired) electrons. The van der Waals surface area contributed by atoms with Crippen LogP contribution >= 0.6 is 31.9 Å². The lowest BCUT2D eigenvalue weighted by Crippen LogP contribution is -2.48. The molecule has 1 N–H and O–H groups in total. The van der Waals surface area contributed by atoms with Crippen LogP contribution in [0.5, 0.6) is 0 Å². The number of hydrogen-bond acceptors (Lipinski definition) is 6. The molecule has 1 aliphatic rings. The van der Waals surface area contributed by atoms with Crippen molar-refractivity contribution in [3.05, 3.63) is 77.4 Å². The molecule has 1 fully saturated rings. The Balaban J connectivity index is 1.16. The summed E-state index contributed by atoms with van der Waals surface area (Å²) in [6, 6.07) is 17.8. The summed E-state index contributed by atoms with van der Waals surface area (Å²) >= 11 is 6.92. The molecule has 0 bridgehead atoms. The summed E-state index contributed by atoms with van der Waals surface area (Å²) in [5.74, 6) is 0.239. The Kier molecular flexibility index (Phi) is 8.16. The lowest BCUT2D eigenvalue weighted by Gasteiger charge is -2.35. The van der Waals surface area contributed by atoms with E-state index in [0.717, 1.165) is 28.9 Å². The Bertz CT molecular complexity index is 1560. The summed E-state index contributed by atoms with van der Waals surface area (Å²) in [7, 11) is 0. The maximum atomic E-state index is 12.8. The van der Waals surface area contributed by atoms with Crippen LogP contribution in [0.4, 0.5) is 24.5 Å². The fraction of sp³-hybridized carbons (Fsp3) is 0.250. The molecule has 40 heavy (non-hydrogen) atoms. The first kappa shape index (κ1) is 28.1. The molecule has 0 aliphatic carbocycles. The molecule has 2 heterocycles. The van der Waals surface area contributed by atoms with Crippen LogP contribution < -0.4 is 10.2 Å². The van der Waals surface area contributed by atoms with E-state index in [1.807, 2.05) is 9.80 Å². The van der Waals surface area contributed by atoms with Crippen LogP contribution in [-0.2, 0) is 11.0 Å². The lowest BCUT2D eigenvalue weighted by molar-refractivity contribution is -0.137. The average molecular weight is 677 g/mol. The number of fused-ring (bicyclic) bond motifs is 1. The van der Waals surface area contributed by atoms with E-state index in [4.69, 9.17) is 4.42 Å². The van der Waals surface area contributed by atoms with Gasteiger partial charge in [0.2, 0.25) is 11.8 Å². The van der Waals surface area contributed by atoms with Gasteiger partial charge in [0.1, 0.15) is 5.52 Å². The molecule has 12 heteroatoms. The number of halogens is 5.